The highest BCUT2D eigenvalue weighted by atomic mass is 32.1. The van der Waals surface area contributed by atoms with Crippen molar-refractivity contribution in [2.24, 2.45) is 0 Å². The molecule has 0 saturated carbocycles. The Labute approximate surface area is 165 Å². The normalized spacial score (nSPS) is 10.6. The lowest BCUT2D eigenvalue weighted by Gasteiger charge is -2.05. The molecule has 0 atom stereocenters. The lowest BCUT2D eigenvalue weighted by molar-refractivity contribution is -0.114. The van der Waals surface area contributed by atoms with Crippen molar-refractivity contribution in [2.75, 3.05) is 10.6 Å². The second kappa shape index (κ2) is 7.58. The molecule has 0 unspecified atom stereocenters. The Morgan fingerprint density at radius 1 is 0.964 bits per heavy atom. The summed E-state index contributed by atoms with van der Waals surface area (Å²) >= 11 is 1.36. The molecule has 4 aromatic rings. The first-order valence-corrected chi connectivity index (χ1v) is 9.46. The third-order valence-electron chi connectivity index (χ3n) is 4.10. The van der Waals surface area contributed by atoms with Crippen LogP contribution in [0.4, 0.5) is 10.9 Å². The highest BCUT2D eigenvalue weighted by Crippen LogP contribution is 2.28. The van der Waals surface area contributed by atoms with Crippen molar-refractivity contribution in [3.63, 3.8) is 0 Å². The van der Waals surface area contributed by atoms with Gasteiger partial charge in [0.15, 0.2) is 5.13 Å². The molecule has 2 heterocycles. The predicted octanol–water partition coefficient (Wildman–Crippen LogP) is 4.57. The van der Waals surface area contributed by atoms with Crippen LogP contribution in [0.1, 0.15) is 17.3 Å². The zero-order valence-electron chi connectivity index (χ0n) is 15.0. The molecule has 2 aromatic carbocycles. The maximum Gasteiger partial charge on any atom is 0.257 e. The quantitative estimate of drug-likeness (QED) is 0.536. The standard InChI is InChI=1S/C21H16N4O2S/c1-13(26)23-19-11-17(8-9-22-19)20(27)25-21-24-18(12-28-21)16-7-6-14-4-2-3-5-15(14)10-16/h2-12H,1H3,(H,22,23,26)(H,24,25,27). The van der Waals surface area contributed by atoms with Crippen LogP contribution in [-0.2, 0) is 4.79 Å². The van der Waals surface area contributed by atoms with Crippen LogP contribution in [-0.4, -0.2) is 21.8 Å². The zero-order valence-corrected chi connectivity index (χ0v) is 15.8. The van der Waals surface area contributed by atoms with Gasteiger partial charge in [-0.25, -0.2) is 9.97 Å². The van der Waals surface area contributed by atoms with E-state index < -0.39 is 0 Å². The van der Waals surface area contributed by atoms with Crippen molar-refractivity contribution in [3.05, 3.63) is 71.7 Å². The number of carbonyl (C=O) groups is 2. The van der Waals surface area contributed by atoms with Crippen LogP contribution >= 0.6 is 11.3 Å². The van der Waals surface area contributed by atoms with Crippen molar-refractivity contribution in [2.45, 2.75) is 6.92 Å². The average molecular weight is 388 g/mol. The van der Waals surface area contributed by atoms with E-state index >= 15 is 0 Å². The highest BCUT2D eigenvalue weighted by molar-refractivity contribution is 7.14. The SMILES string of the molecule is CC(=O)Nc1cc(C(=O)Nc2nc(-c3ccc4ccccc4c3)cs2)ccn1. The summed E-state index contributed by atoms with van der Waals surface area (Å²) in [7, 11) is 0. The van der Waals surface area contributed by atoms with Gasteiger partial charge in [-0.2, -0.15) is 0 Å². The second-order valence-electron chi connectivity index (χ2n) is 6.16. The molecule has 28 heavy (non-hydrogen) atoms. The minimum absolute atomic E-state index is 0.245. The predicted molar refractivity (Wildman–Crippen MR) is 112 cm³/mol. The smallest absolute Gasteiger partial charge is 0.257 e. The van der Waals surface area contributed by atoms with Gasteiger partial charge >= 0.3 is 0 Å². The van der Waals surface area contributed by atoms with Gasteiger partial charge in [0.1, 0.15) is 5.82 Å². The van der Waals surface area contributed by atoms with Gasteiger partial charge in [0.05, 0.1) is 5.69 Å². The van der Waals surface area contributed by atoms with E-state index in [0.717, 1.165) is 16.6 Å². The fourth-order valence-electron chi connectivity index (χ4n) is 2.80. The summed E-state index contributed by atoms with van der Waals surface area (Å²) in [5.74, 6) is -0.227. The summed E-state index contributed by atoms with van der Waals surface area (Å²) in [5.41, 5.74) is 2.19. The molecule has 2 amide bonds. The van der Waals surface area contributed by atoms with Crippen LogP contribution in [0.3, 0.4) is 0 Å². The van der Waals surface area contributed by atoms with Gasteiger partial charge in [0.25, 0.3) is 5.91 Å². The lowest BCUT2D eigenvalue weighted by atomic mass is 10.1. The number of fused-ring (bicyclic) bond motifs is 1. The fraction of sp³-hybridized carbons (Fsp3) is 0.0476. The first kappa shape index (κ1) is 17.8. The molecule has 2 aromatic heterocycles. The maximum atomic E-state index is 12.5. The Hall–Kier alpha value is -3.58. The molecule has 7 heteroatoms. The van der Waals surface area contributed by atoms with Crippen molar-refractivity contribution in [1.29, 1.82) is 0 Å². The Morgan fingerprint density at radius 2 is 1.79 bits per heavy atom. The van der Waals surface area contributed by atoms with E-state index in [4.69, 9.17) is 0 Å². The van der Waals surface area contributed by atoms with Crippen LogP contribution in [0, 0.1) is 0 Å². The minimum atomic E-state index is -0.312. The summed E-state index contributed by atoms with van der Waals surface area (Å²) in [6.45, 7) is 1.39. The van der Waals surface area contributed by atoms with Gasteiger partial charge < -0.3 is 5.32 Å². The molecule has 138 valence electrons. The monoisotopic (exact) mass is 388 g/mol. The van der Waals surface area contributed by atoms with Crippen molar-refractivity contribution in [1.82, 2.24) is 9.97 Å². The zero-order chi connectivity index (χ0) is 19.5. The molecule has 0 aliphatic carbocycles. The van der Waals surface area contributed by atoms with Crippen LogP contribution in [0.5, 0.6) is 0 Å². The number of hydrogen-bond donors (Lipinski definition) is 2. The van der Waals surface area contributed by atoms with Crippen molar-refractivity contribution >= 4 is 44.9 Å². The van der Waals surface area contributed by atoms with E-state index in [2.05, 4.69) is 44.9 Å². The lowest BCUT2D eigenvalue weighted by Crippen LogP contribution is -2.13. The number of hydrogen-bond acceptors (Lipinski definition) is 5. The molecule has 0 bridgehead atoms. The highest BCUT2D eigenvalue weighted by Gasteiger charge is 2.11. The van der Waals surface area contributed by atoms with Crippen molar-refractivity contribution in [3.8, 4) is 11.3 Å². The molecular formula is C21H16N4O2S. The van der Waals surface area contributed by atoms with Gasteiger partial charge in [-0.1, -0.05) is 36.4 Å². The van der Waals surface area contributed by atoms with Gasteiger partial charge in [0.2, 0.25) is 5.91 Å². The molecule has 0 aliphatic heterocycles. The summed E-state index contributed by atoms with van der Waals surface area (Å²) in [5, 5.41) is 10.1. The average Bonchev–Trinajstić information content (AvgIpc) is 3.16. The van der Waals surface area contributed by atoms with E-state index in [1.54, 1.807) is 6.07 Å². The summed E-state index contributed by atoms with van der Waals surface area (Å²) in [4.78, 5) is 32.2. The van der Waals surface area contributed by atoms with Gasteiger partial charge in [-0.05, 0) is 29.0 Å². The summed E-state index contributed by atoms with van der Waals surface area (Å²) < 4.78 is 0. The number of thiazole rings is 1. The largest absolute Gasteiger partial charge is 0.311 e. The van der Waals surface area contributed by atoms with E-state index in [1.807, 2.05) is 23.6 Å². The number of benzene rings is 2. The maximum absolute atomic E-state index is 12.5. The van der Waals surface area contributed by atoms with Crippen LogP contribution in [0.25, 0.3) is 22.0 Å². The number of rotatable bonds is 4. The first-order valence-electron chi connectivity index (χ1n) is 8.58. The Balaban J connectivity index is 1.52. The summed E-state index contributed by atoms with van der Waals surface area (Å²) in [6.07, 6.45) is 1.47. The molecular weight excluding hydrogens is 372 g/mol. The second-order valence-corrected chi connectivity index (χ2v) is 7.02. The molecule has 0 fully saturated rings. The van der Waals surface area contributed by atoms with Gasteiger partial charge in [-0.15, -0.1) is 11.3 Å². The molecule has 0 saturated heterocycles. The molecule has 2 N–H and O–H groups in total. The third kappa shape index (κ3) is 3.89. The summed E-state index contributed by atoms with van der Waals surface area (Å²) in [6, 6.07) is 17.4. The van der Waals surface area contributed by atoms with Crippen LogP contribution < -0.4 is 10.6 Å². The topological polar surface area (TPSA) is 84.0 Å². The fourth-order valence-corrected chi connectivity index (χ4v) is 3.52. The van der Waals surface area contributed by atoms with E-state index in [-0.39, 0.29) is 11.8 Å². The molecule has 0 aliphatic rings. The minimum Gasteiger partial charge on any atom is -0.311 e. The number of carbonyl (C=O) groups excluding carboxylic acids is 2. The van der Waals surface area contributed by atoms with E-state index in [1.165, 1.54) is 35.9 Å². The number of aromatic nitrogens is 2. The van der Waals surface area contributed by atoms with E-state index in [9.17, 15) is 9.59 Å². The Morgan fingerprint density at radius 3 is 2.61 bits per heavy atom. The Kier molecular flexibility index (Phi) is 4.82. The number of pyridine rings is 1. The molecule has 6 nitrogen and oxygen atoms in total. The molecule has 0 spiro atoms. The van der Waals surface area contributed by atoms with E-state index in [0.29, 0.717) is 16.5 Å². The number of amides is 2. The van der Waals surface area contributed by atoms with Crippen molar-refractivity contribution < 1.29 is 9.59 Å². The van der Waals surface area contributed by atoms with Gasteiger partial charge in [-0.3, -0.25) is 14.9 Å². The Bertz CT molecular complexity index is 1190. The van der Waals surface area contributed by atoms with Crippen LogP contribution in [0.2, 0.25) is 0 Å². The molecule has 0 radical (unpaired) electrons. The first-order chi connectivity index (χ1) is 13.6. The number of nitrogens with zero attached hydrogens (tertiary/aromatic N) is 2. The number of anilines is 2. The third-order valence-corrected chi connectivity index (χ3v) is 4.85. The van der Waals surface area contributed by atoms with Gasteiger partial charge in [0, 0.05) is 29.6 Å². The number of nitrogens with one attached hydrogen (secondary N) is 2. The van der Waals surface area contributed by atoms with Crippen LogP contribution in [0.15, 0.2) is 66.2 Å². The molecule has 4 rings (SSSR count).